The predicted octanol–water partition coefficient (Wildman–Crippen LogP) is 2.68. The number of aryl methyl sites for hydroxylation is 1. The number of hydrogen-bond donors (Lipinski definition) is 3. The standard InChI is InChI=1S/C17H24N4O2S/c1-4-13-10-19-16(24-13)11-21-17(18-5-2)20-9-12-6-7-15(23-3)14(22)8-12/h6-8,10,22H,4-5,9,11H2,1-3H3,(H2,18,20,21). The Labute approximate surface area is 146 Å². The number of nitrogens with zero attached hydrogens (tertiary/aromatic N) is 2. The van der Waals surface area contributed by atoms with Gasteiger partial charge in [0.15, 0.2) is 17.5 Å². The fraction of sp³-hybridized carbons (Fsp3) is 0.412. The minimum atomic E-state index is 0.123. The summed E-state index contributed by atoms with van der Waals surface area (Å²) in [5, 5.41) is 17.4. The van der Waals surface area contributed by atoms with Crippen LogP contribution in [0.1, 0.15) is 29.3 Å². The monoisotopic (exact) mass is 348 g/mol. The second kappa shape index (κ2) is 9.12. The molecule has 130 valence electrons. The zero-order valence-electron chi connectivity index (χ0n) is 14.3. The Kier molecular flexibility index (Phi) is 6.87. The molecule has 0 saturated heterocycles. The van der Waals surface area contributed by atoms with Crippen LogP contribution < -0.4 is 15.4 Å². The van der Waals surface area contributed by atoms with Gasteiger partial charge in [-0.05, 0) is 31.0 Å². The lowest BCUT2D eigenvalue weighted by Gasteiger charge is -2.10. The number of rotatable bonds is 7. The summed E-state index contributed by atoms with van der Waals surface area (Å²) in [4.78, 5) is 10.2. The Balaban J connectivity index is 1.98. The lowest BCUT2D eigenvalue weighted by molar-refractivity contribution is 0.373. The highest BCUT2D eigenvalue weighted by Crippen LogP contribution is 2.26. The summed E-state index contributed by atoms with van der Waals surface area (Å²) in [6.07, 6.45) is 2.93. The van der Waals surface area contributed by atoms with E-state index < -0.39 is 0 Å². The summed E-state index contributed by atoms with van der Waals surface area (Å²) in [5.74, 6) is 1.31. The van der Waals surface area contributed by atoms with E-state index in [4.69, 9.17) is 4.74 Å². The molecule has 0 fully saturated rings. The number of guanidine groups is 1. The Hall–Kier alpha value is -2.28. The zero-order chi connectivity index (χ0) is 17.4. The summed E-state index contributed by atoms with van der Waals surface area (Å²) in [6.45, 7) is 6.03. The molecule has 2 rings (SSSR count). The van der Waals surface area contributed by atoms with Crippen molar-refractivity contribution < 1.29 is 9.84 Å². The van der Waals surface area contributed by atoms with Crippen molar-refractivity contribution in [1.82, 2.24) is 15.6 Å². The second-order valence-electron chi connectivity index (χ2n) is 5.13. The predicted molar refractivity (Wildman–Crippen MR) is 97.8 cm³/mol. The molecular formula is C17H24N4O2S. The zero-order valence-corrected chi connectivity index (χ0v) is 15.1. The van der Waals surface area contributed by atoms with E-state index >= 15 is 0 Å². The highest BCUT2D eigenvalue weighted by atomic mass is 32.1. The van der Waals surface area contributed by atoms with Crippen LogP contribution in [0, 0.1) is 0 Å². The van der Waals surface area contributed by atoms with Crippen molar-refractivity contribution in [3.05, 3.63) is 39.8 Å². The van der Waals surface area contributed by atoms with Gasteiger partial charge in [-0.25, -0.2) is 9.98 Å². The van der Waals surface area contributed by atoms with E-state index in [1.54, 1.807) is 23.5 Å². The smallest absolute Gasteiger partial charge is 0.191 e. The van der Waals surface area contributed by atoms with Crippen LogP contribution in [0.25, 0.3) is 0 Å². The van der Waals surface area contributed by atoms with Crippen LogP contribution in [0.5, 0.6) is 11.5 Å². The maximum Gasteiger partial charge on any atom is 0.191 e. The summed E-state index contributed by atoms with van der Waals surface area (Å²) in [7, 11) is 1.53. The van der Waals surface area contributed by atoms with Crippen LogP contribution in [-0.2, 0) is 19.5 Å². The maximum absolute atomic E-state index is 9.83. The van der Waals surface area contributed by atoms with E-state index in [1.807, 2.05) is 19.2 Å². The van der Waals surface area contributed by atoms with Gasteiger partial charge in [-0.1, -0.05) is 13.0 Å². The quantitative estimate of drug-likeness (QED) is 0.530. The van der Waals surface area contributed by atoms with E-state index in [0.717, 1.165) is 29.5 Å². The van der Waals surface area contributed by atoms with Crippen molar-refractivity contribution >= 4 is 17.3 Å². The van der Waals surface area contributed by atoms with Crippen molar-refractivity contribution in [3.8, 4) is 11.5 Å². The normalized spacial score (nSPS) is 11.4. The number of thiazole rings is 1. The second-order valence-corrected chi connectivity index (χ2v) is 6.33. The molecule has 1 aromatic carbocycles. The molecular weight excluding hydrogens is 324 g/mol. The molecule has 0 aliphatic rings. The van der Waals surface area contributed by atoms with Crippen LogP contribution in [0.4, 0.5) is 0 Å². The first-order valence-corrected chi connectivity index (χ1v) is 8.79. The van der Waals surface area contributed by atoms with Gasteiger partial charge < -0.3 is 20.5 Å². The first-order chi connectivity index (χ1) is 11.7. The highest BCUT2D eigenvalue weighted by Gasteiger charge is 2.04. The molecule has 0 saturated carbocycles. The van der Waals surface area contributed by atoms with Crippen LogP contribution in [0.3, 0.4) is 0 Å². The lowest BCUT2D eigenvalue weighted by Crippen LogP contribution is -2.36. The number of benzene rings is 1. The van der Waals surface area contributed by atoms with Crippen molar-refractivity contribution in [2.45, 2.75) is 33.4 Å². The van der Waals surface area contributed by atoms with Crippen LogP contribution in [0.15, 0.2) is 29.4 Å². The summed E-state index contributed by atoms with van der Waals surface area (Å²) in [6, 6.07) is 5.29. The minimum absolute atomic E-state index is 0.123. The van der Waals surface area contributed by atoms with E-state index in [-0.39, 0.29) is 5.75 Å². The third-order valence-electron chi connectivity index (χ3n) is 3.36. The molecule has 1 heterocycles. The Morgan fingerprint density at radius 2 is 2.17 bits per heavy atom. The maximum atomic E-state index is 9.83. The Morgan fingerprint density at radius 3 is 2.79 bits per heavy atom. The molecule has 0 aliphatic carbocycles. The van der Waals surface area contributed by atoms with Crippen molar-refractivity contribution in [1.29, 1.82) is 0 Å². The van der Waals surface area contributed by atoms with Crippen LogP contribution >= 0.6 is 11.3 Å². The number of phenolic OH excluding ortho intramolecular Hbond substituents is 1. The number of aromatic hydroxyl groups is 1. The topological polar surface area (TPSA) is 78.8 Å². The molecule has 0 bridgehead atoms. The molecule has 3 N–H and O–H groups in total. The number of aliphatic imine (C=N–C) groups is 1. The summed E-state index contributed by atoms with van der Waals surface area (Å²) in [5.41, 5.74) is 0.910. The largest absolute Gasteiger partial charge is 0.504 e. The average Bonchev–Trinajstić information content (AvgIpc) is 3.05. The Morgan fingerprint density at radius 1 is 1.33 bits per heavy atom. The van der Waals surface area contributed by atoms with Gasteiger partial charge in [0.2, 0.25) is 0 Å². The third kappa shape index (κ3) is 5.13. The fourth-order valence-corrected chi connectivity index (χ4v) is 2.90. The number of phenols is 1. The molecule has 24 heavy (non-hydrogen) atoms. The lowest BCUT2D eigenvalue weighted by atomic mass is 10.2. The van der Waals surface area contributed by atoms with Crippen LogP contribution in [-0.4, -0.2) is 29.7 Å². The molecule has 6 nitrogen and oxygen atoms in total. The molecule has 0 atom stereocenters. The van der Waals surface area contributed by atoms with Gasteiger partial charge in [0.05, 0.1) is 20.2 Å². The van der Waals surface area contributed by atoms with E-state index in [9.17, 15) is 5.11 Å². The van der Waals surface area contributed by atoms with E-state index in [2.05, 4.69) is 27.5 Å². The highest BCUT2D eigenvalue weighted by molar-refractivity contribution is 7.11. The van der Waals surface area contributed by atoms with Gasteiger partial charge >= 0.3 is 0 Å². The van der Waals surface area contributed by atoms with Crippen molar-refractivity contribution in [2.24, 2.45) is 4.99 Å². The van der Waals surface area contributed by atoms with Crippen LogP contribution in [0.2, 0.25) is 0 Å². The minimum Gasteiger partial charge on any atom is -0.504 e. The van der Waals surface area contributed by atoms with E-state index in [0.29, 0.717) is 18.8 Å². The first kappa shape index (κ1) is 18.1. The average molecular weight is 348 g/mol. The molecule has 0 radical (unpaired) electrons. The number of hydrogen-bond acceptors (Lipinski definition) is 5. The van der Waals surface area contributed by atoms with Gasteiger partial charge in [0.1, 0.15) is 5.01 Å². The summed E-state index contributed by atoms with van der Waals surface area (Å²) < 4.78 is 5.05. The van der Waals surface area contributed by atoms with Gasteiger partial charge in [0.25, 0.3) is 0 Å². The number of nitrogens with one attached hydrogen (secondary N) is 2. The Bertz CT molecular complexity index is 685. The van der Waals surface area contributed by atoms with Gasteiger partial charge in [-0.3, -0.25) is 0 Å². The molecule has 0 spiro atoms. The van der Waals surface area contributed by atoms with Crippen molar-refractivity contribution in [2.75, 3.05) is 13.7 Å². The number of aromatic nitrogens is 1. The van der Waals surface area contributed by atoms with Gasteiger partial charge in [0, 0.05) is 17.6 Å². The van der Waals surface area contributed by atoms with E-state index in [1.165, 1.54) is 12.0 Å². The van der Waals surface area contributed by atoms with Crippen molar-refractivity contribution in [3.63, 3.8) is 0 Å². The number of ether oxygens (including phenoxy) is 1. The molecule has 2 aromatic rings. The fourth-order valence-electron chi connectivity index (χ4n) is 2.10. The number of methoxy groups -OCH3 is 1. The molecule has 0 amide bonds. The molecule has 7 heteroatoms. The molecule has 0 aliphatic heterocycles. The summed E-state index contributed by atoms with van der Waals surface area (Å²) >= 11 is 1.71. The third-order valence-corrected chi connectivity index (χ3v) is 4.51. The first-order valence-electron chi connectivity index (χ1n) is 7.97. The SMILES string of the molecule is CCNC(=NCc1ccc(OC)c(O)c1)NCc1ncc(CC)s1. The van der Waals surface area contributed by atoms with Gasteiger partial charge in [-0.15, -0.1) is 11.3 Å². The molecule has 0 unspecified atom stereocenters. The molecule has 1 aromatic heterocycles. The van der Waals surface area contributed by atoms with Gasteiger partial charge in [-0.2, -0.15) is 0 Å².